The molecule has 370 valence electrons. The third-order valence-corrected chi connectivity index (χ3v) is 13.4. The number of carbonyl (C=O) groups is 2. The summed E-state index contributed by atoms with van der Waals surface area (Å²) in [6, 6.07) is 3.62. The molecule has 0 N–H and O–H groups in total. The Morgan fingerprint density at radius 3 is 1.02 bits per heavy atom. The SMILES string of the molecule is CCCCCCCCCCCCCCCCC/C=C/CCCCCOC(=O)c1cccc(S(=O)(=O)[O-])c1C(=O)OCCCCC/C=C/CCCCCCCCCCCCCCCCC.[K+]. The molecule has 1 aromatic rings. The predicted molar refractivity (Wildman–Crippen MR) is 269 cm³/mol. The Kier molecular flexibility index (Phi) is 47.6. The molecule has 0 unspecified atom stereocenters. The molecule has 7 nitrogen and oxygen atoms in total. The number of unbranched alkanes of at least 4 members (excludes halogenated alkanes) is 36. The van der Waals surface area contributed by atoms with Gasteiger partial charge in [0.15, 0.2) is 0 Å². The molecule has 9 heteroatoms. The molecule has 0 aliphatic rings. The average molecular weight is 954 g/mol. The molecule has 0 aromatic heterocycles. The number of rotatable bonds is 47. The number of benzene rings is 1. The smallest absolute Gasteiger partial charge is 0.744 e. The van der Waals surface area contributed by atoms with E-state index in [-0.39, 0.29) is 70.2 Å². The number of allylic oxidation sites excluding steroid dienone is 4. The van der Waals surface area contributed by atoms with E-state index in [2.05, 4.69) is 38.2 Å². The summed E-state index contributed by atoms with van der Waals surface area (Å²) < 4.78 is 46.9. The van der Waals surface area contributed by atoms with Crippen LogP contribution in [0.1, 0.15) is 291 Å². The van der Waals surface area contributed by atoms with Gasteiger partial charge in [-0.15, -0.1) is 0 Å². The van der Waals surface area contributed by atoms with Gasteiger partial charge in [0, 0.05) is 0 Å². The van der Waals surface area contributed by atoms with Gasteiger partial charge in [-0.1, -0.05) is 224 Å². The van der Waals surface area contributed by atoms with Crippen molar-refractivity contribution >= 4 is 22.1 Å². The van der Waals surface area contributed by atoms with E-state index in [9.17, 15) is 22.6 Å². The van der Waals surface area contributed by atoms with E-state index >= 15 is 0 Å². The second kappa shape index (κ2) is 48.2. The molecule has 0 radical (unpaired) electrons. The van der Waals surface area contributed by atoms with Crippen LogP contribution in [0.25, 0.3) is 0 Å². The number of esters is 2. The van der Waals surface area contributed by atoms with Gasteiger partial charge >= 0.3 is 63.3 Å². The van der Waals surface area contributed by atoms with Gasteiger partial charge in [-0.25, -0.2) is 18.0 Å². The normalized spacial score (nSPS) is 11.7. The van der Waals surface area contributed by atoms with Crippen molar-refractivity contribution in [3.05, 3.63) is 53.6 Å². The molecule has 0 aliphatic heterocycles. The summed E-state index contributed by atoms with van der Waals surface area (Å²) in [7, 11) is -5.03. The first-order valence-electron chi connectivity index (χ1n) is 27.1. The third kappa shape index (κ3) is 39.7. The third-order valence-electron chi connectivity index (χ3n) is 12.5. The van der Waals surface area contributed by atoms with E-state index < -0.39 is 32.5 Å². The Morgan fingerprint density at radius 1 is 0.431 bits per heavy atom. The van der Waals surface area contributed by atoms with Crippen LogP contribution in [-0.4, -0.2) is 38.1 Å². The molecule has 0 spiro atoms. The van der Waals surface area contributed by atoms with Crippen molar-refractivity contribution in [2.75, 3.05) is 13.2 Å². The van der Waals surface area contributed by atoms with Crippen LogP contribution in [0.5, 0.6) is 0 Å². The molecule has 1 rings (SSSR count). The Balaban J connectivity index is 0.0000410. The van der Waals surface area contributed by atoms with Crippen molar-refractivity contribution in [3.8, 4) is 0 Å². The maximum Gasteiger partial charge on any atom is 1.00 e. The Labute approximate surface area is 443 Å². The standard InChI is InChI=1S/C56H98O7S.K/c1-3-5-7-9-11-13-15-17-19-21-23-25-27-29-31-33-35-37-39-41-43-45-50-62-55(57)52-48-47-49-53(64(59,60)61)54(52)56(58)63-51-46-44-42-40-38-36-34-32-30-28-26-24-22-20-18-16-14-12-10-8-6-4-2;/h35-38,47-49H,3-34,39-46,50-51H2,1-2H3,(H,59,60,61);/q;+1/p-1/b37-35+,38-36+;. The van der Waals surface area contributed by atoms with Crippen LogP contribution in [0.3, 0.4) is 0 Å². The van der Waals surface area contributed by atoms with E-state index in [1.165, 1.54) is 205 Å². The minimum absolute atomic E-state index is 0. The summed E-state index contributed by atoms with van der Waals surface area (Å²) >= 11 is 0. The quantitative estimate of drug-likeness (QED) is 0.0210. The fraction of sp³-hybridized carbons (Fsp3) is 0.786. The van der Waals surface area contributed by atoms with E-state index in [1.807, 2.05) is 0 Å². The van der Waals surface area contributed by atoms with Crippen LogP contribution in [0, 0.1) is 0 Å². The van der Waals surface area contributed by atoms with E-state index in [0.29, 0.717) is 12.8 Å². The van der Waals surface area contributed by atoms with Crippen molar-refractivity contribution in [1.82, 2.24) is 0 Å². The molecule has 0 heterocycles. The molecule has 0 atom stereocenters. The van der Waals surface area contributed by atoms with Gasteiger partial charge in [-0.05, 0) is 89.2 Å². The maximum absolute atomic E-state index is 13.1. The van der Waals surface area contributed by atoms with Crippen molar-refractivity contribution in [1.29, 1.82) is 0 Å². The summed E-state index contributed by atoms with van der Waals surface area (Å²) in [5.41, 5.74) is -0.800. The second-order valence-electron chi connectivity index (χ2n) is 18.5. The molecule has 0 saturated heterocycles. The summed E-state index contributed by atoms with van der Waals surface area (Å²) in [5.74, 6) is -1.83. The zero-order chi connectivity index (χ0) is 46.4. The predicted octanol–water partition coefficient (Wildman–Crippen LogP) is 14.7. The number of ether oxygens (including phenoxy) is 2. The molecule has 0 fully saturated rings. The zero-order valence-corrected chi connectivity index (χ0v) is 46.4. The summed E-state index contributed by atoms with van der Waals surface area (Å²) in [6.07, 6.45) is 59.3. The number of carbonyl (C=O) groups excluding carboxylic acids is 2. The van der Waals surface area contributed by atoms with Gasteiger partial charge in [-0.3, -0.25) is 0 Å². The molecule has 0 saturated carbocycles. The Bertz CT molecular complexity index is 1410. The molecule has 0 aliphatic carbocycles. The van der Waals surface area contributed by atoms with Crippen molar-refractivity contribution < 1.29 is 83.4 Å². The van der Waals surface area contributed by atoms with E-state index in [1.54, 1.807) is 0 Å². The first kappa shape index (κ1) is 64.2. The fourth-order valence-corrected chi connectivity index (χ4v) is 9.11. The van der Waals surface area contributed by atoms with Gasteiger partial charge < -0.3 is 14.0 Å². The number of hydrogen-bond donors (Lipinski definition) is 0. The van der Waals surface area contributed by atoms with Crippen LogP contribution in [0.4, 0.5) is 0 Å². The van der Waals surface area contributed by atoms with E-state index in [0.717, 1.165) is 57.4 Å². The van der Waals surface area contributed by atoms with Crippen LogP contribution in [-0.2, 0) is 19.6 Å². The number of hydrogen-bond acceptors (Lipinski definition) is 7. The average Bonchev–Trinajstić information content (AvgIpc) is 3.28. The molecule has 0 bridgehead atoms. The van der Waals surface area contributed by atoms with Crippen LogP contribution < -0.4 is 51.4 Å². The zero-order valence-electron chi connectivity index (χ0n) is 42.5. The first-order chi connectivity index (χ1) is 31.3. The summed E-state index contributed by atoms with van der Waals surface area (Å²) in [4.78, 5) is 25.3. The van der Waals surface area contributed by atoms with Gasteiger partial charge in [0.05, 0.1) is 29.2 Å². The van der Waals surface area contributed by atoms with Gasteiger partial charge in [0.2, 0.25) is 0 Å². The van der Waals surface area contributed by atoms with E-state index in [4.69, 9.17) is 9.47 Å². The largest absolute Gasteiger partial charge is 1.00 e. The van der Waals surface area contributed by atoms with Crippen LogP contribution in [0.15, 0.2) is 47.4 Å². The van der Waals surface area contributed by atoms with Crippen LogP contribution in [0.2, 0.25) is 0 Å². The Morgan fingerprint density at radius 2 is 0.708 bits per heavy atom. The topological polar surface area (TPSA) is 110 Å². The maximum atomic E-state index is 13.1. The Hall–Kier alpha value is -0.814. The summed E-state index contributed by atoms with van der Waals surface area (Å²) in [6.45, 7) is 4.76. The monoisotopic (exact) mass is 953 g/mol. The molecule has 1 aromatic carbocycles. The molecular weight excluding hydrogens is 856 g/mol. The van der Waals surface area contributed by atoms with Crippen molar-refractivity contribution in [2.45, 2.75) is 276 Å². The van der Waals surface area contributed by atoms with Crippen molar-refractivity contribution in [2.24, 2.45) is 0 Å². The van der Waals surface area contributed by atoms with Gasteiger partial charge in [-0.2, -0.15) is 0 Å². The minimum atomic E-state index is -5.03. The molecule has 65 heavy (non-hydrogen) atoms. The summed E-state index contributed by atoms with van der Waals surface area (Å²) in [5, 5.41) is 0. The first-order valence-corrected chi connectivity index (χ1v) is 28.5. The second-order valence-corrected chi connectivity index (χ2v) is 19.9. The van der Waals surface area contributed by atoms with Crippen molar-refractivity contribution in [3.63, 3.8) is 0 Å². The molecular formula is C56H97KO7S. The molecule has 0 amide bonds. The van der Waals surface area contributed by atoms with Gasteiger partial charge in [0.1, 0.15) is 10.1 Å². The minimum Gasteiger partial charge on any atom is -0.744 e. The van der Waals surface area contributed by atoms with Crippen LogP contribution >= 0.6 is 0 Å². The fourth-order valence-electron chi connectivity index (χ4n) is 8.42. The van der Waals surface area contributed by atoms with Gasteiger partial charge in [0.25, 0.3) is 0 Å².